The number of ether oxygens (including phenoxy) is 1. The van der Waals surface area contributed by atoms with Crippen LogP contribution in [0.1, 0.15) is 33.3 Å². The third-order valence-electron chi connectivity index (χ3n) is 5.94. The molecule has 0 aromatic heterocycles. The van der Waals surface area contributed by atoms with Crippen LogP contribution >= 0.6 is 23.2 Å². The average Bonchev–Trinajstić information content (AvgIpc) is 2.91. The fourth-order valence-electron chi connectivity index (χ4n) is 3.93. The molecule has 0 radical (unpaired) electrons. The van der Waals surface area contributed by atoms with Gasteiger partial charge in [-0.05, 0) is 75.7 Å². The third kappa shape index (κ3) is 7.90. The second-order valence-electron chi connectivity index (χ2n) is 10.2. The van der Waals surface area contributed by atoms with Gasteiger partial charge in [-0.25, -0.2) is 8.42 Å². The van der Waals surface area contributed by atoms with Crippen molar-refractivity contribution in [3.05, 3.63) is 88.4 Å². The summed E-state index contributed by atoms with van der Waals surface area (Å²) in [5.41, 5.74) is 0.188. The van der Waals surface area contributed by atoms with Crippen molar-refractivity contribution in [3.63, 3.8) is 0 Å². The Hall–Kier alpha value is -3.27. The zero-order valence-corrected chi connectivity index (χ0v) is 25.3. The van der Waals surface area contributed by atoms with E-state index in [2.05, 4.69) is 5.32 Å². The first-order valence-electron chi connectivity index (χ1n) is 12.5. The second kappa shape index (κ2) is 12.9. The number of benzene rings is 3. The molecule has 2 amide bonds. The molecule has 40 heavy (non-hydrogen) atoms. The number of halogens is 2. The molecule has 0 heterocycles. The number of nitrogens with zero attached hydrogens (tertiary/aromatic N) is 2. The standard InChI is InChI=1S/C29H33Cl2N3O5S/c1-20(28(36)32-29(2,3)4)33(18-21-10-9-11-23(16-21)39-5)27(35)19-34(26-17-22(30)14-15-25(26)31)40(37,38)24-12-7-6-8-13-24/h6-17,20H,18-19H2,1-5H3,(H,32,36)/t20-/m0/s1. The largest absolute Gasteiger partial charge is 0.497 e. The molecule has 0 fully saturated rings. The van der Waals surface area contributed by atoms with Crippen molar-refractivity contribution in [1.82, 2.24) is 10.2 Å². The number of amides is 2. The summed E-state index contributed by atoms with van der Waals surface area (Å²) in [5.74, 6) is -0.424. The van der Waals surface area contributed by atoms with Crippen LogP contribution in [-0.4, -0.2) is 50.4 Å². The van der Waals surface area contributed by atoms with E-state index in [9.17, 15) is 18.0 Å². The summed E-state index contributed by atoms with van der Waals surface area (Å²) in [6.45, 7) is 6.50. The molecular weight excluding hydrogens is 573 g/mol. The number of hydrogen-bond donors (Lipinski definition) is 1. The summed E-state index contributed by atoms with van der Waals surface area (Å²) >= 11 is 12.6. The maximum Gasteiger partial charge on any atom is 0.264 e. The van der Waals surface area contributed by atoms with Gasteiger partial charge in [0.2, 0.25) is 11.8 Å². The molecule has 0 spiro atoms. The normalized spacial score (nSPS) is 12.4. The van der Waals surface area contributed by atoms with Crippen molar-refractivity contribution >= 4 is 50.7 Å². The molecule has 0 unspecified atom stereocenters. The third-order valence-corrected chi connectivity index (χ3v) is 8.27. The number of rotatable bonds is 10. The van der Waals surface area contributed by atoms with Gasteiger partial charge in [0.25, 0.3) is 10.0 Å². The van der Waals surface area contributed by atoms with E-state index in [1.54, 1.807) is 49.4 Å². The zero-order valence-electron chi connectivity index (χ0n) is 23.0. The van der Waals surface area contributed by atoms with Gasteiger partial charge in [-0.2, -0.15) is 0 Å². The van der Waals surface area contributed by atoms with E-state index in [4.69, 9.17) is 27.9 Å². The van der Waals surface area contributed by atoms with Gasteiger partial charge in [-0.1, -0.05) is 53.5 Å². The van der Waals surface area contributed by atoms with Gasteiger partial charge >= 0.3 is 0 Å². The van der Waals surface area contributed by atoms with E-state index < -0.39 is 34.1 Å². The molecule has 0 saturated carbocycles. The highest BCUT2D eigenvalue weighted by Crippen LogP contribution is 2.33. The summed E-state index contributed by atoms with van der Waals surface area (Å²) in [7, 11) is -2.73. The quantitative estimate of drug-likeness (QED) is 0.328. The summed E-state index contributed by atoms with van der Waals surface area (Å²) < 4.78 is 33.9. The minimum Gasteiger partial charge on any atom is -0.497 e. The van der Waals surface area contributed by atoms with Crippen molar-refractivity contribution in [3.8, 4) is 5.75 Å². The topological polar surface area (TPSA) is 96.0 Å². The summed E-state index contributed by atoms with van der Waals surface area (Å²) in [5, 5.41) is 3.23. The van der Waals surface area contributed by atoms with Crippen LogP contribution in [0.5, 0.6) is 5.75 Å². The number of methoxy groups -OCH3 is 1. The minimum absolute atomic E-state index is 0.0251. The second-order valence-corrected chi connectivity index (χ2v) is 12.9. The number of sulfonamides is 1. The molecule has 214 valence electrons. The smallest absolute Gasteiger partial charge is 0.264 e. The number of nitrogens with one attached hydrogen (secondary N) is 1. The Morgan fingerprint density at radius 3 is 2.27 bits per heavy atom. The molecule has 3 rings (SSSR count). The highest BCUT2D eigenvalue weighted by molar-refractivity contribution is 7.92. The van der Waals surface area contributed by atoms with E-state index in [1.807, 2.05) is 20.8 Å². The van der Waals surface area contributed by atoms with Crippen molar-refractivity contribution in [1.29, 1.82) is 0 Å². The molecule has 0 aliphatic rings. The van der Waals surface area contributed by atoms with Crippen molar-refractivity contribution in [2.24, 2.45) is 0 Å². The van der Waals surface area contributed by atoms with Crippen LogP contribution < -0.4 is 14.4 Å². The maximum absolute atomic E-state index is 14.0. The van der Waals surface area contributed by atoms with Crippen LogP contribution in [0, 0.1) is 0 Å². The van der Waals surface area contributed by atoms with Gasteiger partial charge in [-0.15, -0.1) is 0 Å². The highest BCUT2D eigenvalue weighted by Gasteiger charge is 2.34. The van der Waals surface area contributed by atoms with Crippen LogP contribution in [0.3, 0.4) is 0 Å². The van der Waals surface area contributed by atoms with Gasteiger partial charge in [0.15, 0.2) is 0 Å². The SMILES string of the molecule is COc1cccc(CN(C(=O)CN(c2cc(Cl)ccc2Cl)S(=O)(=O)c2ccccc2)[C@@H](C)C(=O)NC(C)(C)C)c1. The molecule has 0 saturated heterocycles. The van der Waals surface area contributed by atoms with E-state index in [0.717, 1.165) is 4.31 Å². The van der Waals surface area contributed by atoms with Gasteiger partial charge in [0.1, 0.15) is 18.3 Å². The molecule has 8 nitrogen and oxygen atoms in total. The summed E-state index contributed by atoms with van der Waals surface area (Å²) in [4.78, 5) is 28.5. The molecule has 0 aliphatic heterocycles. The van der Waals surface area contributed by atoms with E-state index >= 15 is 0 Å². The molecule has 1 N–H and O–H groups in total. The lowest BCUT2D eigenvalue weighted by molar-refractivity contribution is -0.140. The fourth-order valence-corrected chi connectivity index (χ4v) is 5.82. The lowest BCUT2D eigenvalue weighted by Crippen LogP contribution is -2.54. The zero-order chi connectivity index (χ0) is 29.7. The van der Waals surface area contributed by atoms with Gasteiger partial charge in [-0.3, -0.25) is 13.9 Å². The Kier molecular flexibility index (Phi) is 10.1. The van der Waals surface area contributed by atoms with E-state index in [0.29, 0.717) is 11.3 Å². The van der Waals surface area contributed by atoms with Crippen LogP contribution in [-0.2, 0) is 26.2 Å². The van der Waals surface area contributed by atoms with Crippen LogP contribution in [0.15, 0.2) is 77.7 Å². The van der Waals surface area contributed by atoms with Crippen LogP contribution in [0.25, 0.3) is 0 Å². The average molecular weight is 607 g/mol. The van der Waals surface area contributed by atoms with E-state index in [1.165, 1.54) is 42.3 Å². The van der Waals surface area contributed by atoms with Crippen LogP contribution in [0.2, 0.25) is 10.0 Å². The monoisotopic (exact) mass is 605 g/mol. The fraction of sp³-hybridized carbons (Fsp3) is 0.310. The predicted molar refractivity (Wildman–Crippen MR) is 158 cm³/mol. The number of carbonyl (C=O) groups is 2. The van der Waals surface area contributed by atoms with Gasteiger partial charge in [0, 0.05) is 17.1 Å². The number of anilines is 1. The van der Waals surface area contributed by atoms with Gasteiger partial charge in [0.05, 0.1) is 22.7 Å². The van der Waals surface area contributed by atoms with Crippen LogP contribution in [0.4, 0.5) is 5.69 Å². The van der Waals surface area contributed by atoms with Crippen molar-refractivity contribution in [2.75, 3.05) is 18.0 Å². The first-order chi connectivity index (χ1) is 18.7. The molecule has 0 bridgehead atoms. The number of carbonyl (C=O) groups excluding carboxylic acids is 2. The first-order valence-corrected chi connectivity index (χ1v) is 14.7. The summed E-state index contributed by atoms with van der Waals surface area (Å²) in [6.07, 6.45) is 0. The lowest BCUT2D eigenvalue weighted by atomic mass is 10.1. The minimum atomic E-state index is -4.26. The molecule has 11 heteroatoms. The first kappa shape index (κ1) is 31.3. The molecule has 1 atom stereocenters. The molecule has 3 aromatic rings. The Balaban J connectivity index is 2.08. The Morgan fingerprint density at radius 1 is 0.975 bits per heavy atom. The highest BCUT2D eigenvalue weighted by atomic mass is 35.5. The lowest BCUT2D eigenvalue weighted by Gasteiger charge is -2.33. The van der Waals surface area contributed by atoms with Gasteiger partial charge < -0.3 is 15.0 Å². The molecule has 3 aromatic carbocycles. The Labute approximate surface area is 245 Å². The van der Waals surface area contributed by atoms with Crippen molar-refractivity contribution < 1.29 is 22.7 Å². The Bertz CT molecular complexity index is 1460. The molecular formula is C29H33Cl2N3O5S. The maximum atomic E-state index is 14.0. The predicted octanol–water partition coefficient (Wildman–Crippen LogP) is 5.53. The number of hydrogen-bond acceptors (Lipinski definition) is 5. The van der Waals surface area contributed by atoms with E-state index in [-0.39, 0.29) is 33.1 Å². The molecule has 0 aliphatic carbocycles. The summed E-state index contributed by atoms with van der Waals surface area (Å²) in [6, 6.07) is 18.2. The van der Waals surface area contributed by atoms with Crippen molar-refractivity contribution in [2.45, 2.75) is 50.7 Å². The Morgan fingerprint density at radius 2 is 1.65 bits per heavy atom.